The molecule has 0 spiro atoms. The van der Waals surface area contributed by atoms with Crippen molar-refractivity contribution in [3.8, 4) is 5.88 Å². The van der Waals surface area contributed by atoms with Crippen LogP contribution < -0.4 is 10.1 Å². The Morgan fingerprint density at radius 3 is 2.90 bits per heavy atom. The lowest BCUT2D eigenvalue weighted by atomic mass is 10.1. The van der Waals surface area contributed by atoms with Gasteiger partial charge in [-0.2, -0.15) is 0 Å². The Balaban J connectivity index is 2.53. The number of carbonyl (C=O) groups excluding carboxylic acids is 1. The van der Waals surface area contributed by atoms with Gasteiger partial charge in [-0.15, -0.1) is 0 Å². The molecule has 20 heavy (non-hydrogen) atoms. The number of alkyl halides is 2. The Morgan fingerprint density at radius 2 is 2.25 bits per heavy atom. The monoisotopic (exact) mass is 288 g/mol. The summed E-state index contributed by atoms with van der Waals surface area (Å²) in [6, 6.07) is 4.40. The fraction of sp³-hybridized carbons (Fsp3) is 0.538. The van der Waals surface area contributed by atoms with E-state index >= 15 is 0 Å². The molecule has 0 saturated carbocycles. The number of carbonyl (C=O) groups is 1. The quantitative estimate of drug-likeness (QED) is 0.760. The molecule has 0 radical (unpaired) electrons. The maximum Gasteiger partial charge on any atom is 0.272 e. The van der Waals surface area contributed by atoms with Gasteiger partial charge in [-0.05, 0) is 18.4 Å². The second-order valence-corrected chi connectivity index (χ2v) is 4.39. The molecule has 2 N–H and O–H groups in total. The van der Waals surface area contributed by atoms with Gasteiger partial charge >= 0.3 is 0 Å². The summed E-state index contributed by atoms with van der Waals surface area (Å²) in [6.07, 6.45) is -2.00. The maximum absolute atomic E-state index is 12.0. The molecule has 0 aliphatic rings. The SMILES string of the molecule is CC(CCO)CNC(=O)c1cccc(OCC(F)F)n1. The number of aliphatic hydroxyl groups is 1. The minimum Gasteiger partial charge on any atom is -0.472 e. The van der Waals surface area contributed by atoms with Gasteiger partial charge in [-0.25, -0.2) is 13.8 Å². The number of aliphatic hydroxyl groups excluding tert-OH is 1. The Bertz CT molecular complexity index is 430. The van der Waals surface area contributed by atoms with Crippen LogP contribution in [0.25, 0.3) is 0 Å². The number of halogens is 2. The van der Waals surface area contributed by atoms with Gasteiger partial charge in [-0.1, -0.05) is 13.0 Å². The summed E-state index contributed by atoms with van der Waals surface area (Å²) in [5.74, 6) is -0.277. The average Bonchev–Trinajstić information content (AvgIpc) is 2.43. The number of rotatable bonds is 8. The molecule has 1 rings (SSSR count). The first-order chi connectivity index (χ1) is 9.52. The molecule has 1 heterocycles. The van der Waals surface area contributed by atoms with Crippen molar-refractivity contribution in [2.75, 3.05) is 19.8 Å². The molecule has 5 nitrogen and oxygen atoms in total. The summed E-state index contributed by atoms with van der Waals surface area (Å²) < 4.78 is 28.8. The van der Waals surface area contributed by atoms with Crippen molar-refractivity contribution in [1.82, 2.24) is 10.3 Å². The van der Waals surface area contributed by atoms with E-state index in [0.717, 1.165) is 0 Å². The molecule has 1 amide bonds. The standard InChI is InChI=1S/C13H18F2N2O3/c1-9(5-6-18)7-16-13(19)10-3-2-4-12(17-10)20-8-11(14)15/h2-4,9,11,18H,5-8H2,1H3,(H,16,19). The van der Waals surface area contributed by atoms with Crippen LogP contribution in [0.1, 0.15) is 23.8 Å². The fourth-order valence-electron chi connectivity index (χ4n) is 1.45. The molecule has 1 aromatic heterocycles. The largest absolute Gasteiger partial charge is 0.472 e. The lowest BCUT2D eigenvalue weighted by Crippen LogP contribution is -2.29. The van der Waals surface area contributed by atoms with E-state index in [9.17, 15) is 13.6 Å². The van der Waals surface area contributed by atoms with E-state index in [0.29, 0.717) is 13.0 Å². The first kappa shape index (κ1) is 16.3. The van der Waals surface area contributed by atoms with Gasteiger partial charge < -0.3 is 15.2 Å². The molecular formula is C13H18F2N2O3. The minimum atomic E-state index is -2.59. The van der Waals surface area contributed by atoms with Gasteiger partial charge in [0.05, 0.1) is 0 Å². The van der Waals surface area contributed by atoms with Crippen LogP contribution in [0.2, 0.25) is 0 Å². The van der Waals surface area contributed by atoms with Gasteiger partial charge in [0.1, 0.15) is 5.69 Å². The van der Waals surface area contributed by atoms with Gasteiger partial charge in [0.25, 0.3) is 12.3 Å². The van der Waals surface area contributed by atoms with Gasteiger partial charge in [0.2, 0.25) is 5.88 Å². The normalized spacial score (nSPS) is 12.2. The Labute approximate surface area is 116 Å². The summed E-state index contributed by atoms with van der Waals surface area (Å²) in [5.41, 5.74) is 0.105. The number of nitrogens with zero attached hydrogens (tertiary/aromatic N) is 1. The Hall–Kier alpha value is -1.76. The minimum absolute atomic E-state index is 0.0126. The number of amides is 1. The smallest absolute Gasteiger partial charge is 0.272 e. The summed E-state index contributed by atoms with van der Waals surface area (Å²) in [4.78, 5) is 15.7. The van der Waals surface area contributed by atoms with Crippen molar-refractivity contribution < 1.29 is 23.4 Å². The van der Waals surface area contributed by atoms with Crippen LogP contribution in [0.3, 0.4) is 0 Å². The number of hydrogen-bond acceptors (Lipinski definition) is 4. The molecule has 0 saturated heterocycles. The molecule has 0 aliphatic carbocycles. The predicted octanol–water partition coefficient (Wildman–Crippen LogP) is 1.47. The van der Waals surface area contributed by atoms with Crippen LogP contribution in [-0.4, -0.2) is 42.2 Å². The first-order valence-corrected chi connectivity index (χ1v) is 6.30. The third kappa shape index (κ3) is 5.92. The summed E-state index contributed by atoms with van der Waals surface area (Å²) in [5, 5.41) is 11.4. The number of aromatic nitrogens is 1. The molecule has 0 aliphatic heterocycles. The number of nitrogens with one attached hydrogen (secondary N) is 1. The lowest BCUT2D eigenvalue weighted by Gasteiger charge is -2.11. The van der Waals surface area contributed by atoms with E-state index in [1.165, 1.54) is 18.2 Å². The van der Waals surface area contributed by atoms with Crippen molar-refractivity contribution in [1.29, 1.82) is 0 Å². The van der Waals surface area contributed by atoms with Crippen molar-refractivity contribution in [3.63, 3.8) is 0 Å². The predicted molar refractivity (Wildman–Crippen MR) is 68.9 cm³/mol. The van der Waals surface area contributed by atoms with E-state index < -0.39 is 18.9 Å². The number of pyridine rings is 1. The zero-order valence-electron chi connectivity index (χ0n) is 11.2. The van der Waals surface area contributed by atoms with Crippen molar-refractivity contribution in [2.24, 2.45) is 5.92 Å². The van der Waals surface area contributed by atoms with Crippen molar-refractivity contribution in [3.05, 3.63) is 23.9 Å². The van der Waals surface area contributed by atoms with Crippen LogP contribution >= 0.6 is 0 Å². The number of hydrogen-bond donors (Lipinski definition) is 2. The van der Waals surface area contributed by atoms with Crippen LogP contribution in [0.4, 0.5) is 8.78 Å². The third-order valence-electron chi connectivity index (χ3n) is 2.55. The molecule has 0 aromatic carbocycles. The highest BCUT2D eigenvalue weighted by Gasteiger charge is 2.11. The molecule has 7 heteroatoms. The summed E-state index contributed by atoms with van der Waals surface area (Å²) >= 11 is 0. The Kier molecular flexibility index (Phi) is 6.86. The van der Waals surface area contributed by atoms with E-state index in [-0.39, 0.29) is 24.1 Å². The van der Waals surface area contributed by atoms with E-state index in [1.807, 2.05) is 6.92 Å². The van der Waals surface area contributed by atoms with Gasteiger partial charge in [-0.3, -0.25) is 4.79 Å². The molecule has 112 valence electrons. The summed E-state index contributed by atoms with van der Waals surface area (Å²) in [7, 11) is 0. The average molecular weight is 288 g/mol. The van der Waals surface area contributed by atoms with Gasteiger partial charge in [0, 0.05) is 19.2 Å². The second kappa shape index (κ2) is 8.42. The van der Waals surface area contributed by atoms with E-state index in [2.05, 4.69) is 10.3 Å². The molecule has 0 bridgehead atoms. The number of ether oxygens (including phenoxy) is 1. The van der Waals surface area contributed by atoms with Crippen LogP contribution in [0, 0.1) is 5.92 Å². The van der Waals surface area contributed by atoms with Crippen LogP contribution in [0.5, 0.6) is 5.88 Å². The topological polar surface area (TPSA) is 71.5 Å². The zero-order chi connectivity index (χ0) is 15.0. The molecule has 1 unspecified atom stereocenters. The summed E-state index contributed by atoms with van der Waals surface area (Å²) in [6.45, 7) is 1.60. The lowest BCUT2D eigenvalue weighted by molar-refractivity contribution is 0.0792. The second-order valence-electron chi connectivity index (χ2n) is 4.39. The van der Waals surface area contributed by atoms with Crippen LogP contribution in [0.15, 0.2) is 18.2 Å². The maximum atomic E-state index is 12.0. The van der Waals surface area contributed by atoms with Crippen molar-refractivity contribution in [2.45, 2.75) is 19.8 Å². The molecule has 0 fully saturated rings. The van der Waals surface area contributed by atoms with E-state index in [4.69, 9.17) is 9.84 Å². The highest BCUT2D eigenvalue weighted by atomic mass is 19.3. The molecule has 1 atom stereocenters. The fourth-order valence-corrected chi connectivity index (χ4v) is 1.45. The van der Waals surface area contributed by atoms with Gasteiger partial charge in [0.15, 0.2) is 6.61 Å². The zero-order valence-corrected chi connectivity index (χ0v) is 11.2. The van der Waals surface area contributed by atoms with Crippen molar-refractivity contribution >= 4 is 5.91 Å². The van der Waals surface area contributed by atoms with Crippen LogP contribution in [-0.2, 0) is 0 Å². The molecule has 1 aromatic rings. The highest BCUT2D eigenvalue weighted by molar-refractivity contribution is 5.92. The third-order valence-corrected chi connectivity index (χ3v) is 2.55. The van der Waals surface area contributed by atoms with E-state index in [1.54, 1.807) is 0 Å². The highest BCUT2D eigenvalue weighted by Crippen LogP contribution is 2.09. The first-order valence-electron chi connectivity index (χ1n) is 6.30. The molecular weight excluding hydrogens is 270 g/mol. The Morgan fingerprint density at radius 1 is 1.50 bits per heavy atom.